The minimum absolute atomic E-state index is 0.233. The molecule has 0 N–H and O–H groups in total. The predicted octanol–water partition coefficient (Wildman–Crippen LogP) is 3.56. The van der Waals surface area contributed by atoms with E-state index in [0.29, 0.717) is 0 Å². The Hall–Kier alpha value is -0.210. The molecular formula is C10H15Cl2FN2O2S2. The highest BCUT2D eigenvalue weighted by Gasteiger charge is 2.38. The maximum absolute atomic E-state index is 13.0. The van der Waals surface area contributed by atoms with E-state index in [9.17, 15) is 12.8 Å². The number of hydrogen-bond donors (Lipinski definition) is 0. The Morgan fingerprint density at radius 2 is 1.63 bits per heavy atom. The molecule has 9 heteroatoms. The van der Waals surface area contributed by atoms with Gasteiger partial charge in [0.1, 0.15) is 0 Å². The van der Waals surface area contributed by atoms with Gasteiger partial charge in [-0.25, -0.2) is 4.39 Å². The second-order valence-electron chi connectivity index (χ2n) is 4.01. The van der Waals surface area contributed by atoms with E-state index in [1.165, 1.54) is 14.1 Å². The summed E-state index contributed by atoms with van der Waals surface area (Å²) in [5.41, 5.74) is 1.17. The van der Waals surface area contributed by atoms with Crippen LogP contribution in [0.15, 0.2) is 24.3 Å². The highest BCUT2D eigenvalue weighted by atomic mass is 36.0. The third kappa shape index (κ3) is 3.66. The first-order chi connectivity index (χ1) is 8.63. The van der Waals surface area contributed by atoms with Gasteiger partial charge in [0, 0.05) is 22.7 Å². The fourth-order valence-electron chi connectivity index (χ4n) is 1.28. The van der Waals surface area contributed by atoms with E-state index in [1.807, 2.05) is 6.92 Å². The summed E-state index contributed by atoms with van der Waals surface area (Å²) >= 11 is 0. The quantitative estimate of drug-likeness (QED) is 0.816. The highest BCUT2D eigenvalue weighted by molar-refractivity contribution is 8.69. The van der Waals surface area contributed by atoms with Gasteiger partial charge in [-0.2, -0.15) is 16.4 Å². The summed E-state index contributed by atoms with van der Waals surface area (Å²) in [6, 6.07) is 5.33. The molecule has 0 heterocycles. The standard InChI is InChI=1S/C10H15Cl2FN2O2S2/c1-9-4-6-10(7-5-9)15(18(11,12)8-13)19(16,17)14(2)3/h4-7H,8H2,1-3H3. The summed E-state index contributed by atoms with van der Waals surface area (Å²) in [7, 11) is 7.31. The minimum atomic E-state index is -3.97. The molecule has 0 aliphatic rings. The molecule has 0 aliphatic heterocycles. The minimum Gasteiger partial charge on any atom is -0.237 e. The molecule has 110 valence electrons. The van der Waals surface area contributed by atoms with Crippen molar-refractivity contribution in [2.45, 2.75) is 6.92 Å². The molecule has 0 aliphatic carbocycles. The molecule has 0 radical (unpaired) electrons. The van der Waals surface area contributed by atoms with Gasteiger partial charge in [-0.3, -0.25) is 0 Å². The van der Waals surface area contributed by atoms with Crippen LogP contribution in [0.25, 0.3) is 0 Å². The third-order valence-electron chi connectivity index (χ3n) is 2.29. The number of nitrogens with zero attached hydrogens (tertiary/aromatic N) is 2. The van der Waals surface area contributed by atoms with E-state index in [2.05, 4.69) is 0 Å². The summed E-state index contributed by atoms with van der Waals surface area (Å²) in [6.07, 6.45) is 0. The van der Waals surface area contributed by atoms with Gasteiger partial charge in [-0.05, 0) is 40.4 Å². The molecule has 0 saturated heterocycles. The zero-order chi connectivity index (χ0) is 14.8. The zero-order valence-corrected chi connectivity index (χ0v) is 13.8. The number of hydrogen-bond acceptors (Lipinski definition) is 2. The van der Waals surface area contributed by atoms with Crippen molar-refractivity contribution in [2.75, 3.05) is 23.8 Å². The van der Waals surface area contributed by atoms with Crippen LogP contribution >= 0.6 is 30.0 Å². The molecule has 0 unspecified atom stereocenters. The van der Waals surface area contributed by atoms with Crippen molar-refractivity contribution in [3.63, 3.8) is 0 Å². The Kier molecular flexibility index (Phi) is 5.36. The average Bonchev–Trinajstić information content (AvgIpc) is 2.31. The number of rotatable bonds is 5. The van der Waals surface area contributed by atoms with Gasteiger partial charge in [0.05, 0.1) is 5.69 Å². The van der Waals surface area contributed by atoms with E-state index < -0.39 is 24.9 Å². The molecule has 4 nitrogen and oxygen atoms in total. The van der Waals surface area contributed by atoms with Crippen LogP contribution in [0.2, 0.25) is 0 Å². The van der Waals surface area contributed by atoms with E-state index >= 15 is 0 Å². The van der Waals surface area contributed by atoms with Crippen LogP contribution in [0.5, 0.6) is 0 Å². The molecule has 0 fully saturated rings. The fraction of sp³-hybridized carbons (Fsp3) is 0.400. The van der Waals surface area contributed by atoms with Crippen molar-refractivity contribution in [3.05, 3.63) is 29.8 Å². The summed E-state index contributed by atoms with van der Waals surface area (Å²) in [6.45, 7) is 1.85. The smallest absolute Gasteiger partial charge is 0.237 e. The molecule has 0 bridgehead atoms. The maximum atomic E-state index is 13.0. The summed E-state index contributed by atoms with van der Waals surface area (Å²) in [5, 5.41) is 0. The van der Waals surface area contributed by atoms with Crippen LogP contribution in [0.1, 0.15) is 5.56 Å². The number of anilines is 1. The molecule has 1 aromatic carbocycles. The van der Waals surface area contributed by atoms with Gasteiger partial charge in [0.25, 0.3) is 0 Å². The first-order valence-electron chi connectivity index (χ1n) is 5.19. The highest BCUT2D eigenvalue weighted by Crippen LogP contribution is 2.64. The zero-order valence-electron chi connectivity index (χ0n) is 10.7. The van der Waals surface area contributed by atoms with Crippen LogP contribution in [-0.4, -0.2) is 32.8 Å². The SMILES string of the molecule is Cc1ccc(N(S(Cl)(Cl)CF)S(=O)(=O)N(C)C)cc1. The molecular weight excluding hydrogens is 334 g/mol. The van der Waals surface area contributed by atoms with Gasteiger partial charge in [0.15, 0.2) is 6.01 Å². The van der Waals surface area contributed by atoms with E-state index in [4.69, 9.17) is 21.4 Å². The van der Waals surface area contributed by atoms with Crippen molar-refractivity contribution < 1.29 is 12.8 Å². The first-order valence-corrected chi connectivity index (χ1v) is 9.99. The fourth-order valence-corrected chi connectivity index (χ4v) is 5.87. The van der Waals surface area contributed by atoms with Crippen LogP contribution in [-0.2, 0) is 10.2 Å². The Balaban J connectivity index is 3.41. The lowest BCUT2D eigenvalue weighted by Gasteiger charge is -2.37. The Morgan fingerprint density at radius 1 is 1.16 bits per heavy atom. The lowest BCUT2D eigenvalue weighted by molar-refractivity contribution is 0.522. The first kappa shape index (κ1) is 16.8. The van der Waals surface area contributed by atoms with Crippen LogP contribution in [0, 0.1) is 6.92 Å². The molecule has 0 saturated carbocycles. The van der Waals surface area contributed by atoms with E-state index in [-0.39, 0.29) is 5.69 Å². The topological polar surface area (TPSA) is 40.6 Å². The van der Waals surface area contributed by atoms with Gasteiger partial charge in [-0.1, -0.05) is 17.7 Å². The van der Waals surface area contributed by atoms with Crippen LogP contribution in [0.4, 0.5) is 10.1 Å². The van der Waals surface area contributed by atoms with Gasteiger partial charge in [0.2, 0.25) is 0 Å². The number of benzene rings is 1. The third-order valence-corrected chi connectivity index (χ3v) is 7.94. The van der Waals surface area contributed by atoms with Gasteiger partial charge < -0.3 is 0 Å². The number of halogens is 3. The molecule has 0 spiro atoms. The van der Waals surface area contributed by atoms with E-state index in [1.54, 1.807) is 24.3 Å². The molecule has 0 atom stereocenters. The predicted molar refractivity (Wildman–Crippen MR) is 81.5 cm³/mol. The largest absolute Gasteiger partial charge is 0.313 e. The van der Waals surface area contributed by atoms with Gasteiger partial charge in [-0.15, -0.1) is 0 Å². The monoisotopic (exact) mass is 348 g/mol. The summed E-state index contributed by atoms with van der Waals surface area (Å²) < 4.78 is 39.2. The molecule has 0 amide bonds. The number of aryl methyl sites for hydroxylation is 1. The second-order valence-corrected chi connectivity index (χ2v) is 11.4. The molecule has 19 heavy (non-hydrogen) atoms. The lowest BCUT2D eigenvalue weighted by atomic mass is 10.2. The Labute approximate surface area is 123 Å². The molecule has 1 rings (SSSR count). The summed E-state index contributed by atoms with van der Waals surface area (Å²) in [5.74, 6) is 0. The Bertz CT molecular complexity index is 535. The van der Waals surface area contributed by atoms with Crippen LogP contribution in [0.3, 0.4) is 0 Å². The lowest BCUT2D eigenvalue weighted by Crippen LogP contribution is -2.39. The van der Waals surface area contributed by atoms with Crippen molar-refractivity contribution in [3.8, 4) is 0 Å². The maximum Gasteiger partial charge on any atom is 0.313 e. The molecule has 0 aromatic heterocycles. The molecule has 1 aromatic rings. The van der Waals surface area contributed by atoms with Crippen molar-refractivity contribution in [2.24, 2.45) is 0 Å². The second kappa shape index (κ2) is 6.05. The number of alkyl halides is 1. The van der Waals surface area contributed by atoms with Crippen molar-refractivity contribution >= 4 is 45.9 Å². The van der Waals surface area contributed by atoms with Gasteiger partial charge >= 0.3 is 10.2 Å². The van der Waals surface area contributed by atoms with Crippen molar-refractivity contribution in [1.82, 2.24) is 4.31 Å². The average molecular weight is 349 g/mol. The van der Waals surface area contributed by atoms with E-state index in [0.717, 1.165) is 13.6 Å². The van der Waals surface area contributed by atoms with Crippen LogP contribution < -0.4 is 3.71 Å². The Morgan fingerprint density at radius 3 is 2.00 bits per heavy atom. The van der Waals surface area contributed by atoms with Crippen molar-refractivity contribution in [1.29, 1.82) is 0 Å². The normalized spacial score (nSPS) is 13.6. The summed E-state index contributed by atoms with van der Waals surface area (Å²) in [4.78, 5) is 0.